The van der Waals surface area contributed by atoms with Crippen LogP contribution in [-0.4, -0.2) is 18.5 Å². The quantitative estimate of drug-likeness (QED) is 0.820. The SMILES string of the molecule is O=C(CC1CCCN1)Nc1ccccc1F. The van der Waals surface area contributed by atoms with E-state index in [0.29, 0.717) is 6.42 Å². The summed E-state index contributed by atoms with van der Waals surface area (Å²) < 4.78 is 13.2. The van der Waals surface area contributed by atoms with Crippen LogP contribution >= 0.6 is 0 Å². The minimum Gasteiger partial charge on any atom is -0.324 e. The van der Waals surface area contributed by atoms with E-state index in [1.165, 1.54) is 6.07 Å². The van der Waals surface area contributed by atoms with E-state index < -0.39 is 5.82 Å². The number of halogens is 1. The molecule has 1 aromatic rings. The average Bonchev–Trinajstić information content (AvgIpc) is 2.74. The first-order chi connectivity index (χ1) is 7.75. The maximum Gasteiger partial charge on any atom is 0.226 e. The number of para-hydroxylation sites is 1. The van der Waals surface area contributed by atoms with Crippen molar-refractivity contribution in [3.63, 3.8) is 0 Å². The molecule has 0 radical (unpaired) electrons. The lowest BCUT2D eigenvalue weighted by molar-refractivity contribution is -0.116. The summed E-state index contributed by atoms with van der Waals surface area (Å²) in [7, 11) is 0. The van der Waals surface area contributed by atoms with Crippen LogP contribution in [0.4, 0.5) is 10.1 Å². The van der Waals surface area contributed by atoms with Gasteiger partial charge in [-0.25, -0.2) is 4.39 Å². The first kappa shape index (κ1) is 11.1. The molecule has 2 rings (SSSR count). The highest BCUT2D eigenvalue weighted by molar-refractivity contribution is 5.91. The van der Waals surface area contributed by atoms with Gasteiger partial charge in [-0.1, -0.05) is 12.1 Å². The second-order valence-corrected chi connectivity index (χ2v) is 4.03. The molecule has 0 aliphatic carbocycles. The van der Waals surface area contributed by atoms with Gasteiger partial charge in [0.1, 0.15) is 5.82 Å². The molecule has 1 aromatic carbocycles. The summed E-state index contributed by atoms with van der Waals surface area (Å²) in [6, 6.07) is 6.45. The van der Waals surface area contributed by atoms with Crippen molar-refractivity contribution < 1.29 is 9.18 Å². The van der Waals surface area contributed by atoms with Crippen LogP contribution in [-0.2, 0) is 4.79 Å². The molecule has 1 amide bonds. The Labute approximate surface area is 94.0 Å². The number of carbonyl (C=O) groups is 1. The molecule has 0 aromatic heterocycles. The van der Waals surface area contributed by atoms with Gasteiger partial charge >= 0.3 is 0 Å². The minimum atomic E-state index is -0.393. The average molecular weight is 222 g/mol. The minimum absolute atomic E-state index is 0.135. The van der Waals surface area contributed by atoms with Crippen molar-refractivity contribution in [3.05, 3.63) is 30.1 Å². The van der Waals surface area contributed by atoms with E-state index in [1.54, 1.807) is 18.2 Å². The Bertz CT molecular complexity index is 375. The molecule has 1 atom stereocenters. The van der Waals surface area contributed by atoms with Gasteiger partial charge in [-0.3, -0.25) is 4.79 Å². The van der Waals surface area contributed by atoms with Gasteiger partial charge in [0.2, 0.25) is 5.91 Å². The number of rotatable bonds is 3. The van der Waals surface area contributed by atoms with E-state index in [1.807, 2.05) is 0 Å². The fourth-order valence-corrected chi connectivity index (χ4v) is 1.92. The Morgan fingerprint density at radius 3 is 3.00 bits per heavy atom. The molecule has 86 valence electrons. The van der Waals surface area contributed by atoms with E-state index >= 15 is 0 Å². The molecule has 0 bridgehead atoms. The zero-order chi connectivity index (χ0) is 11.4. The standard InChI is InChI=1S/C12H15FN2O/c13-10-5-1-2-6-11(10)15-12(16)8-9-4-3-7-14-9/h1-2,5-6,9,14H,3-4,7-8H2,(H,15,16). The van der Waals surface area contributed by atoms with E-state index in [4.69, 9.17) is 0 Å². The van der Waals surface area contributed by atoms with Gasteiger partial charge in [0.05, 0.1) is 5.69 Å². The van der Waals surface area contributed by atoms with Gasteiger partial charge in [0.15, 0.2) is 0 Å². The Balaban J connectivity index is 1.89. The van der Waals surface area contributed by atoms with Crippen LogP contribution in [0.15, 0.2) is 24.3 Å². The van der Waals surface area contributed by atoms with Gasteiger partial charge in [-0.15, -0.1) is 0 Å². The van der Waals surface area contributed by atoms with E-state index in [-0.39, 0.29) is 17.6 Å². The molecule has 1 unspecified atom stereocenters. The monoisotopic (exact) mass is 222 g/mol. The predicted octanol–water partition coefficient (Wildman–Crippen LogP) is 1.91. The molecule has 1 saturated heterocycles. The maximum atomic E-state index is 13.2. The second-order valence-electron chi connectivity index (χ2n) is 4.03. The molecule has 3 nitrogen and oxygen atoms in total. The van der Waals surface area contributed by atoms with Gasteiger partial charge in [0, 0.05) is 12.5 Å². The van der Waals surface area contributed by atoms with Crippen LogP contribution in [0.5, 0.6) is 0 Å². The number of nitrogens with one attached hydrogen (secondary N) is 2. The lowest BCUT2D eigenvalue weighted by Crippen LogP contribution is -2.27. The molecule has 1 heterocycles. The van der Waals surface area contributed by atoms with Crippen LogP contribution in [0, 0.1) is 5.82 Å². The lowest BCUT2D eigenvalue weighted by atomic mass is 10.1. The van der Waals surface area contributed by atoms with Gasteiger partial charge in [-0.2, -0.15) is 0 Å². The van der Waals surface area contributed by atoms with Crippen molar-refractivity contribution in [2.75, 3.05) is 11.9 Å². The third-order valence-electron chi connectivity index (χ3n) is 2.74. The summed E-state index contributed by atoms with van der Waals surface area (Å²) in [6.45, 7) is 0.970. The fraction of sp³-hybridized carbons (Fsp3) is 0.417. The molecular formula is C12H15FN2O. The normalized spacial score (nSPS) is 19.7. The summed E-state index contributed by atoms with van der Waals surface area (Å²) in [6.07, 6.45) is 2.54. The first-order valence-corrected chi connectivity index (χ1v) is 5.53. The molecule has 2 N–H and O–H groups in total. The number of benzene rings is 1. The molecule has 0 saturated carbocycles. The van der Waals surface area contributed by atoms with Crippen molar-refractivity contribution in [1.29, 1.82) is 0 Å². The Morgan fingerprint density at radius 2 is 2.31 bits per heavy atom. The van der Waals surface area contributed by atoms with Gasteiger partial charge in [0.25, 0.3) is 0 Å². The van der Waals surface area contributed by atoms with E-state index in [9.17, 15) is 9.18 Å². The number of hydrogen-bond acceptors (Lipinski definition) is 2. The largest absolute Gasteiger partial charge is 0.324 e. The second kappa shape index (κ2) is 5.07. The molecule has 1 aliphatic heterocycles. The number of anilines is 1. The molecular weight excluding hydrogens is 207 g/mol. The van der Waals surface area contributed by atoms with Gasteiger partial charge < -0.3 is 10.6 Å². The molecule has 0 spiro atoms. The van der Waals surface area contributed by atoms with Gasteiger partial charge in [-0.05, 0) is 31.5 Å². The molecule has 1 fully saturated rings. The Kier molecular flexibility index (Phi) is 3.51. The van der Waals surface area contributed by atoms with Crippen LogP contribution in [0.1, 0.15) is 19.3 Å². The summed E-state index contributed by atoms with van der Waals surface area (Å²) in [5, 5.41) is 5.82. The highest BCUT2D eigenvalue weighted by atomic mass is 19.1. The van der Waals surface area contributed by atoms with E-state index in [2.05, 4.69) is 10.6 Å². The number of carbonyl (C=O) groups excluding carboxylic acids is 1. The van der Waals surface area contributed by atoms with Crippen molar-refractivity contribution in [1.82, 2.24) is 5.32 Å². The Morgan fingerprint density at radius 1 is 1.50 bits per heavy atom. The molecule has 16 heavy (non-hydrogen) atoms. The number of amides is 1. The van der Waals surface area contributed by atoms with Crippen LogP contribution in [0.25, 0.3) is 0 Å². The first-order valence-electron chi connectivity index (χ1n) is 5.53. The summed E-state index contributed by atoms with van der Waals surface area (Å²) in [5.74, 6) is -0.528. The topological polar surface area (TPSA) is 41.1 Å². The predicted molar refractivity (Wildman–Crippen MR) is 60.7 cm³/mol. The summed E-state index contributed by atoms with van der Waals surface area (Å²) in [5.41, 5.74) is 0.255. The molecule has 4 heteroatoms. The summed E-state index contributed by atoms with van der Waals surface area (Å²) in [4.78, 5) is 11.6. The highest BCUT2D eigenvalue weighted by Crippen LogP contribution is 2.14. The highest BCUT2D eigenvalue weighted by Gasteiger charge is 2.18. The van der Waals surface area contributed by atoms with Crippen molar-refractivity contribution in [2.24, 2.45) is 0 Å². The lowest BCUT2D eigenvalue weighted by Gasteiger charge is -2.10. The zero-order valence-electron chi connectivity index (χ0n) is 9.00. The summed E-state index contributed by atoms with van der Waals surface area (Å²) >= 11 is 0. The zero-order valence-corrected chi connectivity index (χ0v) is 9.00. The fourth-order valence-electron chi connectivity index (χ4n) is 1.92. The van der Waals surface area contributed by atoms with Crippen molar-refractivity contribution in [2.45, 2.75) is 25.3 Å². The number of hydrogen-bond donors (Lipinski definition) is 2. The van der Waals surface area contributed by atoms with Crippen LogP contribution in [0.3, 0.4) is 0 Å². The van der Waals surface area contributed by atoms with Crippen molar-refractivity contribution in [3.8, 4) is 0 Å². The van der Waals surface area contributed by atoms with Crippen LogP contribution in [0.2, 0.25) is 0 Å². The van der Waals surface area contributed by atoms with E-state index in [0.717, 1.165) is 19.4 Å². The Hall–Kier alpha value is -1.42. The third kappa shape index (κ3) is 2.79. The maximum absolute atomic E-state index is 13.2. The third-order valence-corrected chi connectivity index (χ3v) is 2.74. The molecule has 1 aliphatic rings. The smallest absolute Gasteiger partial charge is 0.226 e. The van der Waals surface area contributed by atoms with Crippen LogP contribution < -0.4 is 10.6 Å². The van der Waals surface area contributed by atoms with Crippen molar-refractivity contribution >= 4 is 11.6 Å².